The second kappa shape index (κ2) is 4.90. The zero-order chi connectivity index (χ0) is 15.0. The standard InChI is InChI=1S/C13H13F3N2O2/c1-2-8-18-10(9-6-4-3-5-7-9)17-12(20,11(18)19)13(14,15)16/h3-7,20H,2,8H2,1H3/t12-/m0/s1. The van der Waals surface area contributed by atoms with Gasteiger partial charge in [-0.15, -0.1) is 0 Å². The van der Waals surface area contributed by atoms with Gasteiger partial charge in [0.15, 0.2) is 0 Å². The summed E-state index contributed by atoms with van der Waals surface area (Å²) in [5.74, 6) is -1.61. The van der Waals surface area contributed by atoms with Gasteiger partial charge in [0.25, 0.3) is 5.91 Å². The molecule has 0 aromatic heterocycles. The predicted molar refractivity (Wildman–Crippen MR) is 66.0 cm³/mol. The van der Waals surface area contributed by atoms with Crippen LogP contribution in [0.4, 0.5) is 13.2 Å². The van der Waals surface area contributed by atoms with Gasteiger partial charge in [-0.3, -0.25) is 9.69 Å². The Morgan fingerprint density at radius 1 is 1.30 bits per heavy atom. The van der Waals surface area contributed by atoms with Gasteiger partial charge >= 0.3 is 11.9 Å². The number of aliphatic imine (C=N–C) groups is 1. The summed E-state index contributed by atoms with van der Waals surface area (Å²) in [6.45, 7) is 1.78. The Morgan fingerprint density at radius 2 is 1.90 bits per heavy atom. The van der Waals surface area contributed by atoms with Crippen molar-refractivity contribution in [2.45, 2.75) is 25.2 Å². The Morgan fingerprint density at radius 3 is 2.40 bits per heavy atom. The van der Waals surface area contributed by atoms with Crippen molar-refractivity contribution in [1.82, 2.24) is 4.90 Å². The largest absolute Gasteiger partial charge is 0.448 e. The van der Waals surface area contributed by atoms with Crippen LogP contribution in [-0.2, 0) is 4.79 Å². The minimum absolute atomic E-state index is 0.0605. The molecule has 0 spiro atoms. The summed E-state index contributed by atoms with van der Waals surface area (Å²) in [4.78, 5) is 16.0. The number of hydrogen-bond acceptors (Lipinski definition) is 3. The molecule has 1 N–H and O–H groups in total. The van der Waals surface area contributed by atoms with E-state index in [1.807, 2.05) is 0 Å². The minimum atomic E-state index is -5.15. The summed E-state index contributed by atoms with van der Waals surface area (Å²) < 4.78 is 38.7. The van der Waals surface area contributed by atoms with E-state index in [2.05, 4.69) is 4.99 Å². The zero-order valence-electron chi connectivity index (χ0n) is 10.7. The number of amidine groups is 1. The van der Waals surface area contributed by atoms with Gasteiger partial charge in [-0.05, 0) is 6.42 Å². The second-order valence-electron chi connectivity index (χ2n) is 4.43. The average molecular weight is 286 g/mol. The van der Waals surface area contributed by atoms with E-state index < -0.39 is 17.8 Å². The molecule has 20 heavy (non-hydrogen) atoms. The smallest absolute Gasteiger partial charge is 0.355 e. The SMILES string of the molecule is CCCN1C(=O)[C@](O)(C(F)(F)F)N=C1c1ccccc1. The van der Waals surface area contributed by atoms with Gasteiger partial charge in [0.1, 0.15) is 5.84 Å². The van der Waals surface area contributed by atoms with Gasteiger partial charge in [-0.25, -0.2) is 4.99 Å². The lowest BCUT2D eigenvalue weighted by atomic mass is 10.2. The van der Waals surface area contributed by atoms with Crippen LogP contribution in [0.25, 0.3) is 0 Å². The van der Waals surface area contributed by atoms with Crippen molar-refractivity contribution in [3.05, 3.63) is 35.9 Å². The first-order valence-electron chi connectivity index (χ1n) is 6.07. The zero-order valence-corrected chi connectivity index (χ0v) is 10.7. The lowest BCUT2D eigenvalue weighted by molar-refractivity contribution is -0.248. The fourth-order valence-electron chi connectivity index (χ4n) is 1.97. The van der Waals surface area contributed by atoms with Crippen LogP contribution in [-0.4, -0.2) is 40.2 Å². The highest BCUT2D eigenvalue weighted by Crippen LogP contribution is 2.38. The van der Waals surface area contributed by atoms with Crippen molar-refractivity contribution in [3.8, 4) is 0 Å². The molecule has 0 unspecified atom stereocenters. The van der Waals surface area contributed by atoms with Crippen LogP contribution >= 0.6 is 0 Å². The number of hydrogen-bond donors (Lipinski definition) is 1. The summed E-state index contributed by atoms with van der Waals surface area (Å²) >= 11 is 0. The topological polar surface area (TPSA) is 52.9 Å². The molecule has 0 aliphatic carbocycles. The number of amides is 1. The molecule has 1 aliphatic heterocycles. The van der Waals surface area contributed by atoms with Gasteiger partial charge in [-0.1, -0.05) is 37.3 Å². The highest BCUT2D eigenvalue weighted by atomic mass is 19.4. The van der Waals surface area contributed by atoms with Crippen LogP contribution < -0.4 is 0 Å². The Kier molecular flexibility index (Phi) is 3.56. The molecule has 2 rings (SSSR count). The molecular formula is C13H13F3N2O2. The van der Waals surface area contributed by atoms with E-state index in [9.17, 15) is 23.1 Å². The molecule has 1 amide bonds. The number of alkyl halides is 3. The summed E-state index contributed by atoms with van der Waals surface area (Å²) in [6, 6.07) is 8.02. The molecule has 4 nitrogen and oxygen atoms in total. The molecule has 1 aromatic carbocycles. The molecule has 108 valence electrons. The molecule has 0 saturated heterocycles. The molecule has 1 aliphatic rings. The first kappa shape index (κ1) is 14.5. The van der Waals surface area contributed by atoms with E-state index in [0.717, 1.165) is 4.90 Å². The summed E-state index contributed by atoms with van der Waals surface area (Å²) in [7, 11) is 0. The first-order chi connectivity index (χ1) is 9.31. The fraction of sp³-hybridized carbons (Fsp3) is 0.385. The molecule has 0 fully saturated rings. The van der Waals surface area contributed by atoms with Crippen LogP contribution in [0, 0.1) is 0 Å². The monoisotopic (exact) mass is 286 g/mol. The normalized spacial score (nSPS) is 23.1. The van der Waals surface area contributed by atoms with Crippen LogP contribution in [0.1, 0.15) is 18.9 Å². The predicted octanol–water partition coefficient (Wildman–Crippen LogP) is 1.94. The van der Waals surface area contributed by atoms with E-state index in [-0.39, 0.29) is 12.4 Å². The maximum Gasteiger partial charge on any atom is 0.448 e. The fourth-order valence-corrected chi connectivity index (χ4v) is 1.97. The first-order valence-corrected chi connectivity index (χ1v) is 6.07. The Balaban J connectivity index is 2.52. The maximum absolute atomic E-state index is 12.9. The van der Waals surface area contributed by atoms with Crippen molar-refractivity contribution >= 4 is 11.7 Å². The van der Waals surface area contributed by atoms with Crippen molar-refractivity contribution in [2.24, 2.45) is 4.99 Å². The van der Waals surface area contributed by atoms with E-state index in [1.54, 1.807) is 25.1 Å². The molecule has 7 heteroatoms. The quantitative estimate of drug-likeness (QED) is 0.923. The number of rotatable bonds is 3. The molecular weight excluding hydrogens is 273 g/mol. The van der Waals surface area contributed by atoms with Crippen LogP contribution in [0.15, 0.2) is 35.3 Å². The molecule has 1 atom stereocenters. The number of aliphatic hydroxyl groups is 1. The third kappa shape index (κ3) is 2.18. The molecule has 1 heterocycles. The second-order valence-corrected chi connectivity index (χ2v) is 4.43. The van der Waals surface area contributed by atoms with Crippen LogP contribution in [0.3, 0.4) is 0 Å². The number of halogens is 3. The van der Waals surface area contributed by atoms with Crippen LogP contribution in [0.2, 0.25) is 0 Å². The minimum Gasteiger partial charge on any atom is -0.355 e. The van der Waals surface area contributed by atoms with Crippen LogP contribution in [0.5, 0.6) is 0 Å². The third-order valence-electron chi connectivity index (χ3n) is 2.94. The number of carbonyl (C=O) groups is 1. The van der Waals surface area contributed by atoms with Gasteiger partial charge in [0, 0.05) is 12.1 Å². The van der Waals surface area contributed by atoms with E-state index >= 15 is 0 Å². The molecule has 0 bridgehead atoms. The lowest BCUT2D eigenvalue weighted by Gasteiger charge is -2.23. The lowest BCUT2D eigenvalue weighted by Crippen LogP contribution is -2.52. The highest BCUT2D eigenvalue weighted by molar-refractivity contribution is 6.14. The summed E-state index contributed by atoms with van der Waals surface area (Å²) in [5.41, 5.74) is -3.33. The van der Waals surface area contributed by atoms with E-state index in [1.165, 1.54) is 12.1 Å². The maximum atomic E-state index is 12.9. The Hall–Kier alpha value is -1.89. The van der Waals surface area contributed by atoms with Crippen molar-refractivity contribution < 1.29 is 23.1 Å². The van der Waals surface area contributed by atoms with Crippen molar-refractivity contribution in [3.63, 3.8) is 0 Å². The summed E-state index contributed by atoms with van der Waals surface area (Å²) in [5, 5.41) is 9.62. The van der Waals surface area contributed by atoms with E-state index in [0.29, 0.717) is 12.0 Å². The van der Waals surface area contributed by atoms with Gasteiger partial charge in [0.05, 0.1) is 0 Å². The van der Waals surface area contributed by atoms with Gasteiger partial charge < -0.3 is 5.11 Å². The molecule has 1 aromatic rings. The van der Waals surface area contributed by atoms with Crippen molar-refractivity contribution in [1.29, 1.82) is 0 Å². The van der Waals surface area contributed by atoms with E-state index in [4.69, 9.17) is 0 Å². The summed E-state index contributed by atoms with van der Waals surface area (Å²) in [6.07, 6.45) is -4.70. The molecule has 0 saturated carbocycles. The van der Waals surface area contributed by atoms with Gasteiger partial charge in [-0.2, -0.15) is 13.2 Å². The number of carbonyl (C=O) groups excluding carboxylic acids is 1. The van der Waals surface area contributed by atoms with Gasteiger partial charge in [0.2, 0.25) is 0 Å². The highest BCUT2D eigenvalue weighted by Gasteiger charge is 2.65. The van der Waals surface area contributed by atoms with Crippen molar-refractivity contribution in [2.75, 3.05) is 6.54 Å². The number of benzene rings is 1. The number of nitrogens with zero attached hydrogens (tertiary/aromatic N) is 2. The Labute approximate surface area is 113 Å². The average Bonchev–Trinajstić information content (AvgIpc) is 2.66. The Bertz CT molecular complexity index is 542. The molecule has 0 radical (unpaired) electrons. The third-order valence-corrected chi connectivity index (χ3v) is 2.94.